The summed E-state index contributed by atoms with van der Waals surface area (Å²) in [7, 11) is 0. The van der Waals surface area contributed by atoms with Crippen molar-refractivity contribution in [3.8, 4) is 11.5 Å². The Morgan fingerprint density at radius 2 is 1.79 bits per heavy atom. The molecule has 3 aromatic carbocycles. The highest BCUT2D eigenvalue weighted by Gasteiger charge is 2.37. The number of anilines is 1. The summed E-state index contributed by atoms with van der Waals surface area (Å²) in [6.45, 7) is 4.05. The molecule has 0 radical (unpaired) electrons. The number of hydrogen-bond acceptors (Lipinski definition) is 7. The summed E-state index contributed by atoms with van der Waals surface area (Å²) in [4.78, 5) is 49.6. The molecule has 0 saturated carbocycles. The van der Waals surface area contributed by atoms with Crippen LogP contribution in [0, 0.1) is 17.0 Å². The van der Waals surface area contributed by atoms with Gasteiger partial charge in [-0.15, -0.1) is 0 Å². The molecule has 0 unspecified atom stereocenters. The monoisotopic (exact) mass is 579 g/mol. The molecule has 1 saturated heterocycles. The average Bonchev–Trinajstić information content (AvgIpc) is 2.86. The van der Waals surface area contributed by atoms with Gasteiger partial charge in [0.15, 0.2) is 11.5 Å². The van der Waals surface area contributed by atoms with Crippen LogP contribution in [0.5, 0.6) is 11.5 Å². The molecule has 11 heteroatoms. The fourth-order valence-electron chi connectivity index (χ4n) is 3.77. The largest absolute Gasteiger partial charge is 0.490 e. The number of benzene rings is 3. The van der Waals surface area contributed by atoms with Crippen LogP contribution in [0.25, 0.3) is 6.08 Å². The lowest BCUT2D eigenvalue weighted by Gasteiger charge is -2.26. The number of rotatable bonds is 8. The average molecular weight is 580 g/mol. The predicted molar refractivity (Wildman–Crippen MR) is 143 cm³/mol. The molecule has 0 aliphatic carbocycles. The number of nitro benzene ring substituents is 1. The van der Waals surface area contributed by atoms with E-state index in [0.717, 1.165) is 10.5 Å². The summed E-state index contributed by atoms with van der Waals surface area (Å²) in [5.74, 6) is -0.831. The number of nitro groups is 1. The van der Waals surface area contributed by atoms with Crippen LogP contribution in [0.15, 0.2) is 70.7 Å². The van der Waals surface area contributed by atoms with Crippen LogP contribution < -0.4 is 19.7 Å². The zero-order valence-electron chi connectivity index (χ0n) is 20.4. The Morgan fingerprint density at radius 1 is 1.05 bits per heavy atom. The van der Waals surface area contributed by atoms with Gasteiger partial charge in [0, 0.05) is 12.1 Å². The van der Waals surface area contributed by atoms with Crippen LogP contribution in [-0.2, 0) is 16.2 Å². The number of imide groups is 2. The summed E-state index contributed by atoms with van der Waals surface area (Å²) < 4.78 is 12.2. The van der Waals surface area contributed by atoms with E-state index in [9.17, 15) is 24.5 Å². The van der Waals surface area contributed by atoms with E-state index in [2.05, 4.69) is 21.2 Å². The number of carbonyl (C=O) groups is 3. The fraction of sp³-hybridized carbons (Fsp3) is 0.148. The van der Waals surface area contributed by atoms with Crippen molar-refractivity contribution in [1.82, 2.24) is 5.32 Å². The summed E-state index contributed by atoms with van der Waals surface area (Å²) >= 11 is 3.46. The van der Waals surface area contributed by atoms with E-state index in [1.165, 1.54) is 18.2 Å². The third kappa shape index (κ3) is 5.73. The number of aryl methyl sites for hydroxylation is 1. The Balaban J connectivity index is 1.63. The van der Waals surface area contributed by atoms with E-state index in [0.29, 0.717) is 39.4 Å². The molecule has 194 valence electrons. The SMILES string of the molecule is CCOc1cc(/C=C2\C(=O)NC(=O)N(c3cccc(C)c3)C2=O)cc(Br)c1OCc1ccc([N+](=O)[O-])cc1. The second kappa shape index (κ2) is 11.3. The third-order valence-electron chi connectivity index (χ3n) is 5.53. The van der Waals surface area contributed by atoms with Crippen molar-refractivity contribution in [2.45, 2.75) is 20.5 Å². The molecule has 4 rings (SSSR count). The molecule has 4 amide bonds. The maximum absolute atomic E-state index is 13.2. The molecule has 10 nitrogen and oxygen atoms in total. The van der Waals surface area contributed by atoms with Crippen molar-refractivity contribution in [3.63, 3.8) is 0 Å². The Bertz CT molecular complexity index is 1470. The number of urea groups is 1. The summed E-state index contributed by atoms with van der Waals surface area (Å²) in [5.41, 5.74) is 2.12. The lowest BCUT2D eigenvalue weighted by molar-refractivity contribution is -0.384. The second-order valence-corrected chi connectivity index (χ2v) is 9.13. The zero-order valence-corrected chi connectivity index (χ0v) is 22.0. The molecule has 0 aromatic heterocycles. The van der Waals surface area contributed by atoms with Gasteiger partial charge in [-0.05, 0) is 88.9 Å². The number of nitrogens with zero attached hydrogens (tertiary/aromatic N) is 2. The molecular weight excluding hydrogens is 558 g/mol. The van der Waals surface area contributed by atoms with Gasteiger partial charge < -0.3 is 9.47 Å². The number of barbiturate groups is 1. The van der Waals surface area contributed by atoms with Gasteiger partial charge in [0.2, 0.25) is 0 Å². The predicted octanol–water partition coefficient (Wildman–Crippen LogP) is 5.31. The normalized spacial score (nSPS) is 14.4. The first-order valence-electron chi connectivity index (χ1n) is 11.5. The van der Waals surface area contributed by atoms with Crippen LogP contribution in [0.3, 0.4) is 0 Å². The summed E-state index contributed by atoms with van der Waals surface area (Å²) in [5, 5.41) is 13.1. The molecule has 1 aliphatic rings. The molecule has 1 aliphatic heterocycles. The fourth-order valence-corrected chi connectivity index (χ4v) is 4.34. The van der Waals surface area contributed by atoms with Crippen LogP contribution in [-0.4, -0.2) is 29.4 Å². The number of non-ortho nitro benzene ring substituents is 1. The minimum atomic E-state index is -0.825. The van der Waals surface area contributed by atoms with E-state index in [1.807, 2.05) is 13.0 Å². The van der Waals surface area contributed by atoms with Crippen molar-refractivity contribution in [2.75, 3.05) is 11.5 Å². The van der Waals surface area contributed by atoms with Crippen LogP contribution in [0.2, 0.25) is 0 Å². The van der Waals surface area contributed by atoms with Crippen molar-refractivity contribution in [3.05, 3.63) is 97.5 Å². The first kappa shape index (κ1) is 26.6. The number of carbonyl (C=O) groups excluding carboxylic acids is 3. The first-order valence-corrected chi connectivity index (χ1v) is 12.3. The number of ether oxygens (including phenoxy) is 2. The van der Waals surface area contributed by atoms with Gasteiger partial charge in [0.25, 0.3) is 17.5 Å². The van der Waals surface area contributed by atoms with E-state index in [1.54, 1.807) is 49.4 Å². The molecule has 0 atom stereocenters. The third-order valence-corrected chi connectivity index (χ3v) is 6.12. The molecule has 38 heavy (non-hydrogen) atoms. The molecular formula is C27H22BrN3O7. The van der Waals surface area contributed by atoms with Gasteiger partial charge in [-0.25, -0.2) is 9.69 Å². The zero-order chi connectivity index (χ0) is 27.4. The topological polar surface area (TPSA) is 128 Å². The van der Waals surface area contributed by atoms with Gasteiger partial charge in [-0.2, -0.15) is 0 Å². The maximum Gasteiger partial charge on any atom is 0.335 e. The minimum absolute atomic E-state index is 0.0220. The van der Waals surface area contributed by atoms with Crippen LogP contribution >= 0.6 is 15.9 Å². The lowest BCUT2D eigenvalue weighted by Crippen LogP contribution is -2.54. The number of halogens is 1. The molecule has 0 bridgehead atoms. The minimum Gasteiger partial charge on any atom is -0.490 e. The maximum atomic E-state index is 13.2. The van der Waals surface area contributed by atoms with Crippen molar-refractivity contribution >= 4 is 51.2 Å². The second-order valence-electron chi connectivity index (χ2n) is 8.27. The van der Waals surface area contributed by atoms with Crippen molar-refractivity contribution < 1.29 is 28.8 Å². The molecule has 1 heterocycles. The van der Waals surface area contributed by atoms with E-state index >= 15 is 0 Å². The highest BCUT2D eigenvalue weighted by atomic mass is 79.9. The standard InChI is InChI=1S/C27H22BrN3O7/c1-3-37-23-14-18(13-22(28)24(23)38-15-17-7-9-19(10-8-17)31(35)36)12-21-25(32)29-27(34)30(26(21)33)20-6-4-5-16(2)11-20/h4-14H,3,15H2,1-2H3,(H,29,32,34)/b21-12+. The van der Waals surface area contributed by atoms with E-state index in [-0.39, 0.29) is 17.9 Å². The van der Waals surface area contributed by atoms with Crippen LogP contribution in [0.4, 0.5) is 16.2 Å². The van der Waals surface area contributed by atoms with Gasteiger partial charge in [-0.1, -0.05) is 12.1 Å². The number of nitrogens with one attached hydrogen (secondary N) is 1. The van der Waals surface area contributed by atoms with Crippen LogP contribution in [0.1, 0.15) is 23.6 Å². The summed E-state index contributed by atoms with van der Waals surface area (Å²) in [6, 6.07) is 15.2. The van der Waals surface area contributed by atoms with E-state index < -0.39 is 22.8 Å². The Labute approximate surface area is 226 Å². The Morgan fingerprint density at radius 3 is 2.45 bits per heavy atom. The van der Waals surface area contributed by atoms with Gasteiger partial charge in [-0.3, -0.25) is 25.0 Å². The lowest BCUT2D eigenvalue weighted by atomic mass is 10.1. The van der Waals surface area contributed by atoms with Gasteiger partial charge in [0.1, 0.15) is 12.2 Å². The van der Waals surface area contributed by atoms with E-state index in [4.69, 9.17) is 9.47 Å². The number of hydrogen-bond donors (Lipinski definition) is 1. The van der Waals surface area contributed by atoms with Gasteiger partial charge >= 0.3 is 6.03 Å². The molecule has 0 spiro atoms. The molecule has 1 N–H and O–H groups in total. The van der Waals surface area contributed by atoms with Gasteiger partial charge in [0.05, 0.1) is 21.7 Å². The molecule has 1 fully saturated rings. The smallest absolute Gasteiger partial charge is 0.335 e. The Hall–Kier alpha value is -4.51. The highest BCUT2D eigenvalue weighted by molar-refractivity contribution is 9.10. The van der Waals surface area contributed by atoms with Crippen molar-refractivity contribution in [2.24, 2.45) is 0 Å². The quantitative estimate of drug-likeness (QED) is 0.166. The Kier molecular flexibility index (Phi) is 7.87. The van der Waals surface area contributed by atoms with Crippen molar-refractivity contribution in [1.29, 1.82) is 0 Å². The summed E-state index contributed by atoms with van der Waals surface area (Å²) in [6.07, 6.45) is 1.38. The first-order chi connectivity index (χ1) is 18.2. The highest BCUT2D eigenvalue weighted by Crippen LogP contribution is 2.38. The molecule has 3 aromatic rings. The number of amides is 4.